The van der Waals surface area contributed by atoms with Crippen LogP contribution < -0.4 is 5.32 Å². The van der Waals surface area contributed by atoms with Crippen molar-refractivity contribution in [2.24, 2.45) is 0 Å². The second-order valence-corrected chi connectivity index (χ2v) is 8.07. The van der Waals surface area contributed by atoms with E-state index in [0.29, 0.717) is 12.3 Å². The third-order valence-electron chi connectivity index (χ3n) is 5.03. The van der Waals surface area contributed by atoms with Gasteiger partial charge in [-0.2, -0.15) is 0 Å². The molecule has 2 aromatic heterocycles. The fraction of sp³-hybridized carbons (Fsp3) is 0.238. The summed E-state index contributed by atoms with van der Waals surface area (Å²) in [5.74, 6) is 1.23. The molecule has 6 heteroatoms. The Labute approximate surface area is 164 Å². The molecular formula is C21H18BrN3O2. The second kappa shape index (κ2) is 6.23. The van der Waals surface area contributed by atoms with Crippen LogP contribution in [0.1, 0.15) is 35.9 Å². The molecule has 5 rings (SSSR count). The molecule has 0 radical (unpaired) electrons. The van der Waals surface area contributed by atoms with E-state index in [0.717, 1.165) is 62.2 Å². The van der Waals surface area contributed by atoms with E-state index in [1.54, 1.807) is 0 Å². The molecule has 1 amide bonds. The highest BCUT2D eigenvalue weighted by molar-refractivity contribution is 9.10. The van der Waals surface area contributed by atoms with Gasteiger partial charge in [0.25, 0.3) is 0 Å². The highest BCUT2D eigenvalue weighted by Crippen LogP contribution is 2.40. The van der Waals surface area contributed by atoms with Gasteiger partial charge in [-0.3, -0.25) is 4.79 Å². The van der Waals surface area contributed by atoms with E-state index in [2.05, 4.69) is 31.2 Å². The quantitative estimate of drug-likeness (QED) is 0.459. The van der Waals surface area contributed by atoms with Gasteiger partial charge in [0.05, 0.1) is 6.42 Å². The number of nitrogens with zero attached hydrogens (tertiary/aromatic N) is 1. The van der Waals surface area contributed by atoms with Crippen molar-refractivity contribution in [1.82, 2.24) is 9.97 Å². The summed E-state index contributed by atoms with van der Waals surface area (Å²) in [7, 11) is 0. The second-order valence-electron chi connectivity index (χ2n) is 7.15. The average molecular weight is 424 g/mol. The Bertz CT molecular complexity index is 1190. The zero-order valence-corrected chi connectivity index (χ0v) is 16.4. The maximum absolute atomic E-state index is 12.6. The number of H-pyrrole nitrogens is 1. The number of carbonyl (C=O) groups is 1. The number of benzene rings is 2. The van der Waals surface area contributed by atoms with Crippen molar-refractivity contribution >= 4 is 49.5 Å². The molecule has 0 atom stereocenters. The topological polar surface area (TPSA) is 70.9 Å². The molecule has 2 N–H and O–H groups in total. The van der Waals surface area contributed by atoms with Gasteiger partial charge in [0, 0.05) is 32.7 Å². The predicted molar refractivity (Wildman–Crippen MR) is 109 cm³/mol. The molecule has 136 valence electrons. The smallest absolute Gasteiger partial charge is 0.228 e. The van der Waals surface area contributed by atoms with E-state index in [4.69, 9.17) is 4.42 Å². The van der Waals surface area contributed by atoms with E-state index in [9.17, 15) is 4.79 Å². The zero-order chi connectivity index (χ0) is 18.5. The summed E-state index contributed by atoms with van der Waals surface area (Å²) < 4.78 is 6.78. The lowest BCUT2D eigenvalue weighted by molar-refractivity contribution is -0.115. The minimum atomic E-state index is -0.0516. The largest absolute Gasteiger partial charge is 0.440 e. The Morgan fingerprint density at radius 3 is 2.96 bits per heavy atom. The first-order valence-electron chi connectivity index (χ1n) is 9.04. The van der Waals surface area contributed by atoms with Crippen LogP contribution in [-0.4, -0.2) is 15.9 Å². The Hall–Kier alpha value is -2.60. The van der Waals surface area contributed by atoms with Crippen LogP contribution in [0.5, 0.6) is 0 Å². The number of anilines is 1. The third kappa shape index (κ3) is 3.14. The van der Waals surface area contributed by atoms with Gasteiger partial charge >= 0.3 is 0 Å². The van der Waals surface area contributed by atoms with Crippen LogP contribution in [0.15, 0.2) is 45.3 Å². The lowest BCUT2D eigenvalue weighted by atomic mass is 10.1. The summed E-state index contributed by atoms with van der Waals surface area (Å²) in [6, 6.07) is 11.7. The van der Waals surface area contributed by atoms with Gasteiger partial charge in [-0.25, -0.2) is 4.98 Å². The van der Waals surface area contributed by atoms with Crippen LogP contribution in [0.25, 0.3) is 22.0 Å². The van der Waals surface area contributed by atoms with Gasteiger partial charge in [0.1, 0.15) is 5.52 Å². The lowest BCUT2D eigenvalue weighted by Crippen LogP contribution is -2.14. The van der Waals surface area contributed by atoms with E-state index in [1.807, 2.05) is 43.3 Å². The van der Waals surface area contributed by atoms with Crippen molar-refractivity contribution in [3.8, 4) is 0 Å². The molecule has 0 bridgehead atoms. The maximum Gasteiger partial charge on any atom is 0.228 e. The summed E-state index contributed by atoms with van der Waals surface area (Å²) in [5, 5.41) is 4.05. The minimum absolute atomic E-state index is 0.0516. The van der Waals surface area contributed by atoms with Crippen LogP contribution in [-0.2, 0) is 11.2 Å². The molecule has 0 unspecified atom stereocenters. The standard InChI is InChI=1S/C21H18BrN3O2/c1-11-15(16-8-13(22)4-6-17(16)23-11)10-20(26)24-14-5-7-19-18(9-14)25-21(27-19)12-2-3-12/h4-9,12,23H,2-3,10H2,1H3,(H,24,26). The molecule has 1 saturated carbocycles. The molecular weight excluding hydrogens is 406 g/mol. The maximum atomic E-state index is 12.6. The number of hydrogen-bond acceptors (Lipinski definition) is 3. The summed E-state index contributed by atoms with van der Waals surface area (Å²) >= 11 is 3.51. The predicted octanol–water partition coefficient (Wildman–Crippen LogP) is 5.44. The zero-order valence-electron chi connectivity index (χ0n) is 14.8. The van der Waals surface area contributed by atoms with Crippen LogP contribution in [0.3, 0.4) is 0 Å². The number of hydrogen-bond donors (Lipinski definition) is 2. The summed E-state index contributed by atoms with van der Waals surface area (Å²) in [4.78, 5) is 20.5. The van der Waals surface area contributed by atoms with E-state index in [-0.39, 0.29) is 5.91 Å². The molecule has 1 aliphatic rings. The number of aryl methyl sites for hydroxylation is 1. The summed E-state index contributed by atoms with van der Waals surface area (Å²) in [5.41, 5.74) is 5.37. The minimum Gasteiger partial charge on any atom is -0.440 e. The first kappa shape index (κ1) is 16.6. The van der Waals surface area contributed by atoms with Crippen molar-refractivity contribution in [3.63, 3.8) is 0 Å². The van der Waals surface area contributed by atoms with Crippen molar-refractivity contribution in [3.05, 3.63) is 58.0 Å². The summed E-state index contributed by atoms with van der Waals surface area (Å²) in [6.07, 6.45) is 2.61. The molecule has 0 saturated heterocycles. The fourth-order valence-electron chi connectivity index (χ4n) is 3.48. The molecule has 4 aromatic rings. The van der Waals surface area contributed by atoms with Gasteiger partial charge in [0.15, 0.2) is 11.5 Å². The number of carbonyl (C=O) groups excluding carboxylic acids is 1. The number of oxazole rings is 1. The van der Waals surface area contributed by atoms with E-state index < -0.39 is 0 Å². The number of rotatable bonds is 4. The number of aromatic nitrogens is 2. The number of nitrogens with one attached hydrogen (secondary N) is 2. The third-order valence-corrected chi connectivity index (χ3v) is 5.53. The Kier molecular flexibility index (Phi) is 3.82. The molecule has 0 spiro atoms. The molecule has 2 aromatic carbocycles. The first-order chi connectivity index (χ1) is 13.1. The van der Waals surface area contributed by atoms with Gasteiger partial charge in [-0.15, -0.1) is 0 Å². The van der Waals surface area contributed by atoms with Crippen LogP contribution in [0, 0.1) is 6.92 Å². The van der Waals surface area contributed by atoms with Crippen LogP contribution >= 0.6 is 15.9 Å². The first-order valence-corrected chi connectivity index (χ1v) is 9.83. The average Bonchev–Trinajstić information content (AvgIpc) is 3.33. The number of halogens is 1. The molecule has 5 nitrogen and oxygen atoms in total. The highest BCUT2D eigenvalue weighted by atomic mass is 79.9. The fourth-order valence-corrected chi connectivity index (χ4v) is 3.84. The molecule has 27 heavy (non-hydrogen) atoms. The van der Waals surface area contributed by atoms with Gasteiger partial charge in [0.2, 0.25) is 5.91 Å². The number of amides is 1. The van der Waals surface area contributed by atoms with Crippen molar-refractivity contribution in [2.45, 2.75) is 32.1 Å². The van der Waals surface area contributed by atoms with Crippen LogP contribution in [0.4, 0.5) is 5.69 Å². The van der Waals surface area contributed by atoms with Crippen molar-refractivity contribution in [1.29, 1.82) is 0 Å². The molecule has 2 heterocycles. The number of fused-ring (bicyclic) bond motifs is 2. The number of aromatic amines is 1. The van der Waals surface area contributed by atoms with E-state index in [1.165, 1.54) is 0 Å². The van der Waals surface area contributed by atoms with Crippen molar-refractivity contribution < 1.29 is 9.21 Å². The van der Waals surface area contributed by atoms with Crippen LogP contribution in [0.2, 0.25) is 0 Å². The lowest BCUT2D eigenvalue weighted by Gasteiger charge is -2.06. The molecule has 1 aliphatic carbocycles. The van der Waals surface area contributed by atoms with Gasteiger partial charge in [-0.05, 0) is 61.7 Å². The molecule has 1 fully saturated rings. The Balaban J connectivity index is 1.38. The van der Waals surface area contributed by atoms with Crippen molar-refractivity contribution in [2.75, 3.05) is 5.32 Å². The molecule has 0 aliphatic heterocycles. The monoisotopic (exact) mass is 423 g/mol. The summed E-state index contributed by atoms with van der Waals surface area (Å²) in [6.45, 7) is 2.00. The normalized spacial score (nSPS) is 14.1. The van der Waals surface area contributed by atoms with E-state index >= 15 is 0 Å². The SMILES string of the molecule is Cc1[nH]c2ccc(Br)cc2c1CC(=O)Nc1ccc2oc(C3CC3)nc2c1. The Morgan fingerprint density at radius 1 is 1.30 bits per heavy atom. The van der Waals surface area contributed by atoms with Gasteiger partial charge < -0.3 is 14.7 Å². The van der Waals surface area contributed by atoms with Gasteiger partial charge in [-0.1, -0.05) is 15.9 Å². The highest BCUT2D eigenvalue weighted by Gasteiger charge is 2.28. The Morgan fingerprint density at radius 2 is 2.15 bits per heavy atom.